The fraction of sp³-hybridized carbons (Fsp3) is 0.176. The minimum absolute atomic E-state index is 0.194. The lowest BCUT2D eigenvalue weighted by Gasteiger charge is -2.08. The zero-order chi connectivity index (χ0) is 17.1. The van der Waals surface area contributed by atoms with Crippen molar-refractivity contribution in [2.24, 2.45) is 7.05 Å². The first-order valence-electron chi connectivity index (χ1n) is 7.33. The highest BCUT2D eigenvalue weighted by molar-refractivity contribution is 6.07. The van der Waals surface area contributed by atoms with Crippen molar-refractivity contribution in [3.63, 3.8) is 0 Å². The Morgan fingerprint density at radius 1 is 1.25 bits per heavy atom. The number of esters is 1. The Morgan fingerprint density at radius 3 is 2.71 bits per heavy atom. The summed E-state index contributed by atoms with van der Waals surface area (Å²) in [5.41, 5.74) is 2.56. The second kappa shape index (κ2) is 6.49. The molecule has 0 aliphatic rings. The number of methoxy groups -OCH3 is 1. The Balaban J connectivity index is 2.06. The Morgan fingerprint density at radius 2 is 2.00 bits per heavy atom. The molecule has 24 heavy (non-hydrogen) atoms. The molecule has 0 aliphatic heterocycles. The molecule has 2 heterocycles. The van der Waals surface area contributed by atoms with Crippen LogP contribution in [0.25, 0.3) is 22.3 Å². The van der Waals surface area contributed by atoms with Crippen LogP contribution in [0.3, 0.4) is 0 Å². The van der Waals surface area contributed by atoms with Crippen molar-refractivity contribution in [1.29, 1.82) is 0 Å². The third kappa shape index (κ3) is 2.96. The molecule has 1 amide bonds. The van der Waals surface area contributed by atoms with Crippen LogP contribution in [0.15, 0.2) is 42.6 Å². The summed E-state index contributed by atoms with van der Waals surface area (Å²) in [6.45, 7) is -0.194. The molecule has 7 nitrogen and oxygen atoms in total. The van der Waals surface area contributed by atoms with Gasteiger partial charge in [-0.2, -0.15) is 5.10 Å². The average Bonchev–Trinajstić information content (AvgIpc) is 3.00. The first-order chi connectivity index (χ1) is 11.6. The second-order valence-corrected chi connectivity index (χ2v) is 5.19. The van der Waals surface area contributed by atoms with Gasteiger partial charge >= 0.3 is 5.97 Å². The van der Waals surface area contributed by atoms with Crippen molar-refractivity contribution in [1.82, 2.24) is 20.1 Å². The highest BCUT2D eigenvalue weighted by Crippen LogP contribution is 2.24. The summed E-state index contributed by atoms with van der Waals surface area (Å²) in [6, 6.07) is 11.3. The van der Waals surface area contributed by atoms with E-state index in [0.717, 1.165) is 5.56 Å². The summed E-state index contributed by atoms with van der Waals surface area (Å²) in [6.07, 6.45) is 1.59. The summed E-state index contributed by atoms with van der Waals surface area (Å²) in [5, 5.41) is 7.34. The molecule has 1 aromatic carbocycles. The summed E-state index contributed by atoms with van der Waals surface area (Å²) >= 11 is 0. The summed E-state index contributed by atoms with van der Waals surface area (Å²) in [4.78, 5) is 28.3. The maximum atomic E-state index is 12.5. The number of nitrogens with one attached hydrogen (secondary N) is 1. The van der Waals surface area contributed by atoms with E-state index in [1.54, 1.807) is 24.0 Å². The second-order valence-electron chi connectivity index (χ2n) is 5.19. The predicted molar refractivity (Wildman–Crippen MR) is 88.3 cm³/mol. The molecular formula is C17H16N4O3. The Bertz CT molecular complexity index is 903. The fourth-order valence-electron chi connectivity index (χ4n) is 2.38. The van der Waals surface area contributed by atoms with E-state index in [1.807, 2.05) is 30.3 Å². The van der Waals surface area contributed by atoms with Crippen LogP contribution < -0.4 is 5.32 Å². The van der Waals surface area contributed by atoms with Crippen molar-refractivity contribution < 1.29 is 14.3 Å². The van der Waals surface area contributed by atoms with Crippen LogP contribution in [-0.4, -0.2) is 40.3 Å². The summed E-state index contributed by atoms with van der Waals surface area (Å²) in [7, 11) is 3.04. The lowest BCUT2D eigenvalue weighted by Crippen LogP contribution is -2.30. The molecule has 0 aliphatic carbocycles. The van der Waals surface area contributed by atoms with Crippen LogP contribution in [0.4, 0.5) is 0 Å². The standard InChI is InChI=1S/C17H16N4O3/c1-21-16-13(9-19-21)12(17(23)18-10-15(22)24-2)8-14(20-16)11-6-4-3-5-7-11/h3-9H,10H2,1-2H3,(H,18,23). The zero-order valence-corrected chi connectivity index (χ0v) is 13.3. The SMILES string of the molecule is COC(=O)CNC(=O)c1cc(-c2ccccc2)nc2c1cnn2C. The Kier molecular flexibility index (Phi) is 4.24. The molecule has 0 fully saturated rings. The molecule has 0 spiro atoms. The average molecular weight is 324 g/mol. The summed E-state index contributed by atoms with van der Waals surface area (Å²) in [5.74, 6) is -0.888. The van der Waals surface area contributed by atoms with Gasteiger partial charge in [-0.25, -0.2) is 4.98 Å². The van der Waals surface area contributed by atoms with E-state index in [9.17, 15) is 9.59 Å². The molecule has 0 atom stereocenters. The molecule has 1 N–H and O–H groups in total. The van der Waals surface area contributed by atoms with E-state index in [4.69, 9.17) is 0 Å². The number of pyridine rings is 1. The first-order valence-corrected chi connectivity index (χ1v) is 7.33. The predicted octanol–water partition coefficient (Wildman–Crippen LogP) is 1.54. The molecule has 122 valence electrons. The van der Waals surface area contributed by atoms with Gasteiger partial charge in [0.2, 0.25) is 0 Å². The monoisotopic (exact) mass is 324 g/mol. The van der Waals surface area contributed by atoms with E-state index in [-0.39, 0.29) is 12.5 Å². The van der Waals surface area contributed by atoms with Gasteiger partial charge in [0.25, 0.3) is 5.91 Å². The largest absolute Gasteiger partial charge is 0.468 e. The maximum absolute atomic E-state index is 12.5. The van der Waals surface area contributed by atoms with E-state index < -0.39 is 5.97 Å². The minimum Gasteiger partial charge on any atom is -0.468 e. The van der Waals surface area contributed by atoms with Gasteiger partial charge in [0, 0.05) is 12.6 Å². The van der Waals surface area contributed by atoms with Gasteiger partial charge in [-0.1, -0.05) is 30.3 Å². The molecule has 0 unspecified atom stereocenters. The molecule has 3 rings (SSSR count). The number of hydrogen-bond acceptors (Lipinski definition) is 5. The molecule has 0 radical (unpaired) electrons. The van der Waals surface area contributed by atoms with Gasteiger partial charge in [0.05, 0.1) is 30.0 Å². The van der Waals surface area contributed by atoms with E-state index in [0.29, 0.717) is 22.3 Å². The van der Waals surface area contributed by atoms with Crippen LogP contribution in [0.5, 0.6) is 0 Å². The number of carbonyl (C=O) groups excluding carboxylic acids is 2. The van der Waals surface area contributed by atoms with Crippen molar-refractivity contribution in [3.05, 3.63) is 48.2 Å². The minimum atomic E-state index is -0.511. The number of hydrogen-bond donors (Lipinski definition) is 1. The number of carbonyl (C=O) groups is 2. The van der Waals surface area contributed by atoms with Gasteiger partial charge in [0.1, 0.15) is 6.54 Å². The van der Waals surface area contributed by atoms with E-state index in [1.165, 1.54) is 7.11 Å². The topological polar surface area (TPSA) is 86.1 Å². The normalized spacial score (nSPS) is 10.6. The molecular weight excluding hydrogens is 308 g/mol. The van der Waals surface area contributed by atoms with Gasteiger partial charge in [0.15, 0.2) is 5.65 Å². The van der Waals surface area contributed by atoms with Gasteiger partial charge in [-0.3, -0.25) is 14.3 Å². The molecule has 0 saturated carbocycles. The van der Waals surface area contributed by atoms with Crippen LogP contribution >= 0.6 is 0 Å². The van der Waals surface area contributed by atoms with Crippen molar-refractivity contribution in [2.75, 3.05) is 13.7 Å². The Hall–Kier alpha value is -3.22. The van der Waals surface area contributed by atoms with Crippen molar-refractivity contribution >= 4 is 22.9 Å². The molecule has 3 aromatic rings. The number of nitrogens with zero attached hydrogens (tertiary/aromatic N) is 3. The molecule has 2 aromatic heterocycles. The molecule has 7 heteroatoms. The van der Waals surface area contributed by atoms with Crippen LogP contribution in [0.1, 0.15) is 10.4 Å². The third-order valence-electron chi connectivity index (χ3n) is 3.64. The highest BCUT2D eigenvalue weighted by atomic mass is 16.5. The number of benzene rings is 1. The third-order valence-corrected chi connectivity index (χ3v) is 3.64. The number of fused-ring (bicyclic) bond motifs is 1. The van der Waals surface area contributed by atoms with Crippen molar-refractivity contribution in [2.45, 2.75) is 0 Å². The first kappa shape index (κ1) is 15.7. The number of aryl methyl sites for hydroxylation is 1. The van der Waals surface area contributed by atoms with Crippen LogP contribution in [-0.2, 0) is 16.6 Å². The van der Waals surface area contributed by atoms with Crippen LogP contribution in [0.2, 0.25) is 0 Å². The van der Waals surface area contributed by atoms with E-state index >= 15 is 0 Å². The number of rotatable bonds is 4. The number of amides is 1. The van der Waals surface area contributed by atoms with E-state index in [2.05, 4.69) is 20.1 Å². The van der Waals surface area contributed by atoms with Crippen LogP contribution in [0, 0.1) is 0 Å². The smallest absolute Gasteiger partial charge is 0.325 e. The summed E-state index contributed by atoms with van der Waals surface area (Å²) < 4.78 is 6.15. The van der Waals surface area contributed by atoms with Gasteiger partial charge < -0.3 is 10.1 Å². The fourth-order valence-corrected chi connectivity index (χ4v) is 2.38. The zero-order valence-electron chi connectivity index (χ0n) is 13.3. The number of ether oxygens (including phenoxy) is 1. The lowest BCUT2D eigenvalue weighted by atomic mass is 10.1. The molecule has 0 saturated heterocycles. The van der Waals surface area contributed by atoms with Crippen molar-refractivity contribution in [3.8, 4) is 11.3 Å². The van der Waals surface area contributed by atoms with Gasteiger partial charge in [-0.15, -0.1) is 0 Å². The molecule has 0 bridgehead atoms. The quantitative estimate of drug-likeness (QED) is 0.736. The lowest BCUT2D eigenvalue weighted by molar-refractivity contribution is -0.139. The maximum Gasteiger partial charge on any atom is 0.325 e. The Labute approximate surface area is 138 Å². The van der Waals surface area contributed by atoms with Gasteiger partial charge in [-0.05, 0) is 6.07 Å². The number of aromatic nitrogens is 3. The highest BCUT2D eigenvalue weighted by Gasteiger charge is 2.17.